The number of ether oxygens (including phenoxy) is 2. The molecule has 10 heteroatoms. The van der Waals surface area contributed by atoms with Gasteiger partial charge in [0.05, 0.1) is 11.1 Å². The van der Waals surface area contributed by atoms with Crippen LogP contribution >= 0.6 is 0 Å². The smallest absolute Gasteiger partial charge is 0.387 e. The van der Waals surface area contributed by atoms with Crippen LogP contribution in [0.25, 0.3) is 0 Å². The summed E-state index contributed by atoms with van der Waals surface area (Å²) < 4.78 is 33.7. The molecule has 2 aromatic rings. The van der Waals surface area contributed by atoms with Crippen LogP contribution in [0.3, 0.4) is 0 Å². The summed E-state index contributed by atoms with van der Waals surface area (Å²) >= 11 is 0. The highest BCUT2D eigenvalue weighted by Crippen LogP contribution is 2.24. The Labute approximate surface area is 195 Å². The first-order valence-electron chi connectivity index (χ1n) is 10.6. The molecular weight excluding hydrogens is 450 g/mol. The molecule has 0 saturated heterocycles. The molecule has 0 fully saturated rings. The Morgan fingerprint density at radius 3 is 2.38 bits per heavy atom. The lowest BCUT2D eigenvalue weighted by molar-refractivity contribution is -0.151. The predicted molar refractivity (Wildman–Crippen MR) is 116 cm³/mol. The van der Waals surface area contributed by atoms with E-state index in [4.69, 9.17) is 4.74 Å². The summed E-state index contributed by atoms with van der Waals surface area (Å²) in [5.41, 5.74) is 2.26. The van der Waals surface area contributed by atoms with Crippen LogP contribution in [0, 0.1) is 6.92 Å². The van der Waals surface area contributed by atoms with Crippen LogP contribution in [-0.4, -0.2) is 60.3 Å². The van der Waals surface area contributed by atoms with Crippen molar-refractivity contribution in [3.63, 3.8) is 0 Å². The van der Waals surface area contributed by atoms with Crippen LogP contribution < -0.4 is 4.74 Å². The summed E-state index contributed by atoms with van der Waals surface area (Å²) in [6.45, 7) is -1.29. The average Bonchev–Trinajstić information content (AvgIpc) is 3.02. The van der Waals surface area contributed by atoms with Crippen molar-refractivity contribution in [2.45, 2.75) is 32.9 Å². The second-order valence-electron chi connectivity index (χ2n) is 7.85. The van der Waals surface area contributed by atoms with Gasteiger partial charge in [-0.1, -0.05) is 23.8 Å². The van der Waals surface area contributed by atoms with Crippen molar-refractivity contribution >= 4 is 23.7 Å². The first-order valence-corrected chi connectivity index (χ1v) is 10.6. The number of alkyl halides is 2. The molecule has 0 bridgehead atoms. The Kier molecular flexibility index (Phi) is 7.93. The van der Waals surface area contributed by atoms with Crippen LogP contribution in [0.1, 0.15) is 44.7 Å². The van der Waals surface area contributed by atoms with E-state index in [1.807, 2.05) is 6.92 Å². The van der Waals surface area contributed by atoms with Crippen LogP contribution in [0.2, 0.25) is 0 Å². The highest BCUT2D eigenvalue weighted by Gasteiger charge is 2.35. The third kappa shape index (κ3) is 6.15. The van der Waals surface area contributed by atoms with E-state index in [0.29, 0.717) is 16.7 Å². The minimum Gasteiger partial charge on any atom is -0.456 e. The maximum absolute atomic E-state index is 12.4. The number of carbonyl (C=O) groups excluding carboxylic acids is 4. The number of aryl methyl sites for hydroxylation is 1. The van der Waals surface area contributed by atoms with Gasteiger partial charge in [0.1, 0.15) is 5.75 Å². The van der Waals surface area contributed by atoms with Crippen molar-refractivity contribution in [2.24, 2.45) is 0 Å². The quantitative estimate of drug-likeness (QED) is 0.388. The number of nitrogens with zero attached hydrogens (tertiary/aromatic N) is 2. The monoisotopic (exact) mass is 474 g/mol. The third-order valence-electron chi connectivity index (χ3n) is 5.24. The van der Waals surface area contributed by atoms with Crippen molar-refractivity contribution < 1.29 is 37.4 Å². The fraction of sp³-hybridized carbons (Fsp3) is 0.333. The van der Waals surface area contributed by atoms with Crippen LogP contribution in [0.15, 0.2) is 42.5 Å². The number of carbonyl (C=O) groups is 4. The number of halogens is 2. The predicted octanol–water partition coefficient (Wildman–Crippen LogP) is 3.17. The van der Waals surface area contributed by atoms with Crippen molar-refractivity contribution in [2.75, 3.05) is 20.2 Å². The fourth-order valence-corrected chi connectivity index (χ4v) is 3.45. The highest BCUT2D eigenvalue weighted by atomic mass is 19.3. The summed E-state index contributed by atoms with van der Waals surface area (Å²) in [4.78, 5) is 51.5. The lowest BCUT2D eigenvalue weighted by Crippen LogP contribution is -2.32. The van der Waals surface area contributed by atoms with E-state index in [1.54, 1.807) is 30.3 Å². The summed E-state index contributed by atoms with van der Waals surface area (Å²) in [5.74, 6) is -1.83. The first kappa shape index (κ1) is 24.8. The van der Waals surface area contributed by atoms with Crippen molar-refractivity contribution in [3.05, 3.63) is 64.7 Å². The van der Waals surface area contributed by atoms with E-state index in [2.05, 4.69) is 4.74 Å². The molecule has 0 N–H and O–H groups in total. The lowest BCUT2D eigenvalue weighted by atomic mass is 10.1. The molecule has 180 valence electrons. The van der Waals surface area contributed by atoms with Crippen LogP contribution in [-0.2, 0) is 20.9 Å². The molecule has 0 aromatic heterocycles. The minimum absolute atomic E-state index is 0.0120. The Balaban J connectivity index is 1.39. The second kappa shape index (κ2) is 10.9. The summed E-state index contributed by atoms with van der Waals surface area (Å²) in [5, 5.41) is 0. The van der Waals surface area contributed by atoms with Gasteiger partial charge in [0.25, 0.3) is 17.7 Å². The SMILES string of the molecule is Cc1ccc2c(c1)C(=O)N(CCCC(=O)OCC(=O)N(C)Cc1ccc(OC(F)F)cc1)C2=O. The molecule has 8 nitrogen and oxygen atoms in total. The van der Waals surface area contributed by atoms with Gasteiger partial charge in [0.15, 0.2) is 6.61 Å². The topological polar surface area (TPSA) is 93.2 Å². The highest BCUT2D eigenvalue weighted by molar-refractivity contribution is 6.21. The van der Waals surface area contributed by atoms with E-state index >= 15 is 0 Å². The Hall–Kier alpha value is -3.82. The summed E-state index contributed by atoms with van der Waals surface area (Å²) in [6.07, 6.45) is 0.148. The number of imide groups is 1. The number of likely N-dealkylation sites (N-methyl/N-ethyl adjacent to an activating group) is 1. The molecule has 2 aromatic carbocycles. The molecule has 0 atom stereocenters. The van der Waals surface area contributed by atoms with E-state index in [9.17, 15) is 28.0 Å². The third-order valence-corrected chi connectivity index (χ3v) is 5.24. The van der Waals surface area contributed by atoms with Gasteiger partial charge in [-0.25, -0.2) is 0 Å². The first-order chi connectivity index (χ1) is 16.2. The number of amides is 3. The zero-order valence-electron chi connectivity index (χ0n) is 18.8. The molecule has 0 aliphatic carbocycles. The molecular formula is C24H24F2N2O6. The second-order valence-corrected chi connectivity index (χ2v) is 7.85. The number of benzene rings is 2. The van der Waals surface area contributed by atoms with Gasteiger partial charge >= 0.3 is 12.6 Å². The molecule has 0 radical (unpaired) electrons. The maximum Gasteiger partial charge on any atom is 0.387 e. The zero-order valence-corrected chi connectivity index (χ0v) is 18.8. The van der Waals surface area contributed by atoms with Gasteiger partial charge in [-0.15, -0.1) is 0 Å². The maximum atomic E-state index is 12.4. The average molecular weight is 474 g/mol. The molecule has 1 heterocycles. The standard InChI is InChI=1S/C24H24F2N2O6/c1-15-5-10-18-19(12-15)23(32)28(22(18)31)11-3-4-21(30)33-14-20(29)27(2)13-16-6-8-17(9-7-16)34-24(25)26/h5-10,12,24H,3-4,11,13-14H2,1-2H3. The van der Waals surface area contributed by atoms with Crippen LogP contribution in [0.5, 0.6) is 5.75 Å². The van der Waals surface area contributed by atoms with E-state index in [-0.39, 0.29) is 43.5 Å². The Bertz CT molecular complexity index is 1090. The van der Waals surface area contributed by atoms with E-state index < -0.39 is 25.1 Å². The van der Waals surface area contributed by atoms with Gasteiger partial charge in [-0.2, -0.15) is 8.78 Å². The molecule has 34 heavy (non-hydrogen) atoms. The van der Waals surface area contributed by atoms with Crippen molar-refractivity contribution in [1.29, 1.82) is 0 Å². The van der Waals surface area contributed by atoms with Gasteiger partial charge in [-0.3, -0.25) is 24.1 Å². The minimum atomic E-state index is -2.92. The fourth-order valence-electron chi connectivity index (χ4n) is 3.45. The number of hydrogen-bond acceptors (Lipinski definition) is 6. The normalized spacial score (nSPS) is 12.7. The Morgan fingerprint density at radius 1 is 1.03 bits per heavy atom. The molecule has 0 spiro atoms. The Morgan fingerprint density at radius 2 is 1.71 bits per heavy atom. The number of rotatable bonds is 10. The number of esters is 1. The molecule has 1 aliphatic rings. The van der Waals surface area contributed by atoms with Crippen molar-refractivity contribution in [1.82, 2.24) is 9.80 Å². The van der Waals surface area contributed by atoms with E-state index in [0.717, 1.165) is 10.5 Å². The van der Waals surface area contributed by atoms with Crippen LogP contribution in [0.4, 0.5) is 8.78 Å². The zero-order chi connectivity index (χ0) is 24.8. The van der Waals surface area contributed by atoms with Gasteiger partial charge in [0.2, 0.25) is 0 Å². The van der Waals surface area contributed by atoms with Gasteiger partial charge < -0.3 is 14.4 Å². The summed E-state index contributed by atoms with van der Waals surface area (Å²) in [7, 11) is 1.52. The van der Waals surface area contributed by atoms with Gasteiger partial charge in [-0.05, 0) is 43.2 Å². The molecule has 3 amide bonds. The van der Waals surface area contributed by atoms with E-state index in [1.165, 1.54) is 24.1 Å². The number of fused-ring (bicyclic) bond motifs is 1. The summed E-state index contributed by atoms with van der Waals surface area (Å²) in [6, 6.07) is 10.9. The lowest BCUT2D eigenvalue weighted by Gasteiger charge is -2.17. The molecule has 3 rings (SSSR count). The molecule has 0 unspecified atom stereocenters. The van der Waals surface area contributed by atoms with Gasteiger partial charge in [0, 0.05) is 26.6 Å². The number of hydrogen-bond donors (Lipinski definition) is 0. The van der Waals surface area contributed by atoms with Crippen molar-refractivity contribution in [3.8, 4) is 5.75 Å². The largest absolute Gasteiger partial charge is 0.456 e. The molecule has 1 aliphatic heterocycles. The molecule has 0 saturated carbocycles.